The summed E-state index contributed by atoms with van der Waals surface area (Å²) in [6.45, 7) is 13.8. The Hall–Kier alpha value is -2.29. The van der Waals surface area contributed by atoms with E-state index in [1.807, 2.05) is 31.2 Å². The van der Waals surface area contributed by atoms with Crippen LogP contribution >= 0.6 is 11.3 Å². The van der Waals surface area contributed by atoms with Crippen LogP contribution in [0.1, 0.15) is 58.7 Å². The number of rotatable bonds is 6. The minimum atomic E-state index is -0.834. The number of hydrogen-bond acceptors (Lipinski definition) is 7. The number of carbonyl (C=O) groups is 1. The number of nitrogens with zero attached hydrogens (tertiary/aromatic N) is 3. The van der Waals surface area contributed by atoms with Crippen LogP contribution in [0.5, 0.6) is 0 Å². The van der Waals surface area contributed by atoms with Gasteiger partial charge in [-0.1, -0.05) is 52.0 Å². The van der Waals surface area contributed by atoms with E-state index in [0.717, 1.165) is 48.6 Å². The van der Waals surface area contributed by atoms with Gasteiger partial charge in [0.25, 0.3) is 0 Å². The number of aliphatic imine (C=N–C) groups is 1. The van der Waals surface area contributed by atoms with E-state index in [0.29, 0.717) is 0 Å². The second-order valence-electron chi connectivity index (χ2n) is 10.1. The van der Waals surface area contributed by atoms with E-state index in [4.69, 9.17) is 9.83 Å². The van der Waals surface area contributed by atoms with Crippen molar-refractivity contribution in [3.63, 3.8) is 0 Å². The van der Waals surface area contributed by atoms with Gasteiger partial charge in [-0.15, -0.1) is 11.3 Å². The summed E-state index contributed by atoms with van der Waals surface area (Å²) in [5, 5.41) is 3.39. The van der Waals surface area contributed by atoms with Crippen molar-refractivity contribution in [3.8, 4) is 10.4 Å². The highest BCUT2D eigenvalue weighted by Crippen LogP contribution is 2.35. The Morgan fingerprint density at radius 2 is 2.09 bits per heavy atom. The summed E-state index contributed by atoms with van der Waals surface area (Å²) in [4.78, 5) is 31.9. The van der Waals surface area contributed by atoms with Crippen LogP contribution in [0.15, 0.2) is 34.8 Å². The monoisotopic (exact) mass is 469 g/mol. The van der Waals surface area contributed by atoms with Gasteiger partial charge in [0, 0.05) is 12.1 Å². The predicted molar refractivity (Wildman–Crippen MR) is 133 cm³/mol. The summed E-state index contributed by atoms with van der Waals surface area (Å²) in [5.74, 6) is 0.865. The van der Waals surface area contributed by atoms with E-state index >= 15 is 0 Å². The van der Waals surface area contributed by atoms with Crippen molar-refractivity contribution in [1.29, 1.82) is 0 Å². The number of likely N-dealkylation sites (N-methyl/N-ethyl adjacent to an activating group) is 1. The SMILES string of the molecule is CCNC(C(=O)N1CCCC1C1=NC(C)(c2ccc(-c3scnc3C)cc2)ON1)C(C)(C)C. The Labute approximate surface area is 200 Å². The first kappa shape index (κ1) is 23.9. The lowest BCUT2D eigenvalue weighted by Crippen LogP contribution is -2.56. The van der Waals surface area contributed by atoms with Crippen LogP contribution in [0.2, 0.25) is 0 Å². The molecular formula is C25H35N5O2S. The van der Waals surface area contributed by atoms with Crippen molar-refractivity contribution >= 4 is 23.1 Å². The molecule has 2 aliphatic rings. The average Bonchev–Trinajstić information content (AvgIpc) is 3.51. The van der Waals surface area contributed by atoms with E-state index in [2.05, 4.69) is 60.8 Å². The number of hydrogen-bond donors (Lipinski definition) is 2. The summed E-state index contributed by atoms with van der Waals surface area (Å²) in [5.41, 5.74) is 7.07. The highest BCUT2D eigenvalue weighted by Gasteiger charge is 2.43. The Morgan fingerprint density at radius 3 is 2.70 bits per heavy atom. The lowest BCUT2D eigenvalue weighted by Gasteiger charge is -2.35. The van der Waals surface area contributed by atoms with Crippen LogP contribution in [-0.4, -0.2) is 46.8 Å². The minimum Gasteiger partial charge on any atom is -0.331 e. The molecule has 3 unspecified atom stereocenters. The molecule has 2 N–H and O–H groups in total. The first-order chi connectivity index (χ1) is 15.6. The van der Waals surface area contributed by atoms with Crippen molar-refractivity contribution in [2.24, 2.45) is 10.4 Å². The number of carbonyl (C=O) groups excluding carboxylic acids is 1. The minimum absolute atomic E-state index is 0.0954. The van der Waals surface area contributed by atoms with Crippen LogP contribution in [0, 0.1) is 12.3 Å². The fourth-order valence-electron chi connectivity index (χ4n) is 4.65. The third-order valence-corrected chi connectivity index (χ3v) is 7.47. The highest BCUT2D eigenvalue weighted by molar-refractivity contribution is 7.13. The summed E-state index contributed by atoms with van der Waals surface area (Å²) >= 11 is 1.64. The third kappa shape index (κ3) is 4.69. The Morgan fingerprint density at radius 1 is 1.36 bits per heavy atom. The second-order valence-corrected chi connectivity index (χ2v) is 10.9. The molecule has 3 heterocycles. The fraction of sp³-hybridized carbons (Fsp3) is 0.560. The zero-order valence-corrected chi connectivity index (χ0v) is 21.3. The van der Waals surface area contributed by atoms with Gasteiger partial charge in [0.15, 0.2) is 0 Å². The Kier molecular flexibility index (Phi) is 6.62. The van der Waals surface area contributed by atoms with Crippen LogP contribution in [0.25, 0.3) is 10.4 Å². The van der Waals surface area contributed by atoms with Gasteiger partial charge in [-0.2, -0.15) is 0 Å². The molecular weight excluding hydrogens is 434 g/mol. The molecule has 1 aromatic carbocycles. The van der Waals surface area contributed by atoms with Crippen LogP contribution in [0.4, 0.5) is 0 Å². The molecule has 0 radical (unpaired) electrons. The molecule has 8 heteroatoms. The molecule has 2 aliphatic heterocycles. The van der Waals surface area contributed by atoms with Crippen molar-refractivity contribution < 1.29 is 9.63 Å². The number of amidine groups is 1. The quantitative estimate of drug-likeness (QED) is 0.662. The van der Waals surface area contributed by atoms with Crippen molar-refractivity contribution in [2.45, 2.75) is 72.2 Å². The molecule has 2 aromatic rings. The van der Waals surface area contributed by atoms with E-state index in [1.54, 1.807) is 11.3 Å². The summed E-state index contributed by atoms with van der Waals surface area (Å²) in [7, 11) is 0. The topological polar surface area (TPSA) is 78.9 Å². The van der Waals surface area contributed by atoms with Gasteiger partial charge in [0.1, 0.15) is 5.84 Å². The van der Waals surface area contributed by atoms with E-state index < -0.39 is 5.72 Å². The molecule has 0 spiro atoms. The van der Waals surface area contributed by atoms with Crippen molar-refractivity contribution in [2.75, 3.05) is 13.1 Å². The molecule has 4 rings (SSSR count). The second kappa shape index (κ2) is 9.16. The molecule has 3 atom stereocenters. The van der Waals surface area contributed by atoms with E-state index in [9.17, 15) is 4.79 Å². The first-order valence-electron chi connectivity index (χ1n) is 11.7. The molecule has 7 nitrogen and oxygen atoms in total. The van der Waals surface area contributed by atoms with Crippen molar-refractivity contribution in [1.82, 2.24) is 20.7 Å². The molecule has 0 bridgehead atoms. The number of aryl methyl sites for hydroxylation is 1. The van der Waals surface area contributed by atoms with Gasteiger partial charge in [-0.25, -0.2) is 20.3 Å². The number of amides is 1. The third-order valence-electron chi connectivity index (χ3n) is 6.49. The lowest BCUT2D eigenvalue weighted by atomic mass is 9.85. The van der Waals surface area contributed by atoms with E-state index in [1.165, 1.54) is 4.88 Å². The number of thiazole rings is 1. The summed E-state index contributed by atoms with van der Waals surface area (Å²) in [6.07, 6.45) is 1.84. The maximum atomic E-state index is 13.5. The number of benzene rings is 1. The molecule has 1 aromatic heterocycles. The van der Waals surface area contributed by atoms with Gasteiger partial charge in [0.2, 0.25) is 11.6 Å². The molecule has 33 heavy (non-hydrogen) atoms. The highest BCUT2D eigenvalue weighted by atomic mass is 32.1. The van der Waals surface area contributed by atoms with Crippen LogP contribution in [0.3, 0.4) is 0 Å². The summed E-state index contributed by atoms with van der Waals surface area (Å²) < 4.78 is 0. The predicted octanol–water partition coefficient (Wildman–Crippen LogP) is 4.24. The van der Waals surface area contributed by atoms with Crippen LogP contribution < -0.4 is 10.8 Å². The number of hydroxylamine groups is 1. The fourth-order valence-corrected chi connectivity index (χ4v) is 5.46. The number of aromatic nitrogens is 1. The zero-order valence-electron chi connectivity index (χ0n) is 20.4. The van der Waals surface area contributed by atoms with Gasteiger partial charge in [-0.3, -0.25) is 4.79 Å². The van der Waals surface area contributed by atoms with Crippen molar-refractivity contribution in [3.05, 3.63) is 41.0 Å². The molecule has 0 saturated carbocycles. The van der Waals surface area contributed by atoms with Crippen LogP contribution in [-0.2, 0) is 15.4 Å². The maximum absolute atomic E-state index is 13.5. The standard InChI is InChI=1S/C25H35N5O2S/c1-7-26-21(24(3,4)5)23(31)30-14-8-9-19(30)22-28-25(6,32-29-22)18-12-10-17(11-13-18)20-16(2)27-15-33-20/h10-13,15,19,21,26H,7-9,14H2,1-6H3,(H,28,29). The van der Waals surface area contributed by atoms with Gasteiger partial charge in [0.05, 0.1) is 28.2 Å². The largest absolute Gasteiger partial charge is 0.331 e. The zero-order chi connectivity index (χ0) is 23.8. The maximum Gasteiger partial charge on any atom is 0.240 e. The van der Waals surface area contributed by atoms with Gasteiger partial charge < -0.3 is 10.2 Å². The molecule has 1 fully saturated rings. The average molecular weight is 470 g/mol. The van der Waals surface area contributed by atoms with Gasteiger partial charge in [-0.05, 0) is 44.2 Å². The summed E-state index contributed by atoms with van der Waals surface area (Å²) in [6, 6.07) is 7.96. The number of nitrogens with one attached hydrogen (secondary N) is 2. The molecule has 1 saturated heterocycles. The molecule has 178 valence electrons. The Balaban J connectivity index is 1.55. The number of likely N-dealkylation sites (tertiary alicyclic amines) is 1. The normalized spacial score (nSPS) is 24.0. The molecule has 1 amide bonds. The van der Waals surface area contributed by atoms with Gasteiger partial charge >= 0.3 is 0 Å². The first-order valence-corrected chi connectivity index (χ1v) is 12.6. The van der Waals surface area contributed by atoms with E-state index in [-0.39, 0.29) is 23.4 Å². The Bertz CT molecular complexity index is 1030. The smallest absolute Gasteiger partial charge is 0.240 e. The molecule has 0 aliphatic carbocycles. The lowest BCUT2D eigenvalue weighted by molar-refractivity contribution is -0.136.